The summed E-state index contributed by atoms with van der Waals surface area (Å²) in [5.74, 6) is 0.719. The van der Waals surface area contributed by atoms with E-state index in [0.29, 0.717) is 11.7 Å². The Bertz CT molecular complexity index is 571. The van der Waals surface area contributed by atoms with Crippen LogP contribution in [0.15, 0.2) is 23.1 Å². The fourth-order valence-electron chi connectivity index (χ4n) is 2.74. The van der Waals surface area contributed by atoms with Crippen LogP contribution >= 0.6 is 0 Å². The van der Waals surface area contributed by atoms with Crippen molar-refractivity contribution in [1.29, 1.82) is 0 Å². The van der Waals surface area contributed by atoms with Gasteiger partial charge in [0.15, 0.2) is 0 Å². The van der Waals surface area contributed by atoms with Gasteiger partial charge in [0.1, 0.15) is 0 Å². The van der Waals surface area contributed by atoms with Crippen LogP contribution in [0.1, 0.15) is 26.7 Å². The van der Waals surface area contributed by atoms with E-state index in [1.165, 1.54) is 12.1 Å². The van der Waals surface area contributed by atoms with Crippen LogP contribution in [0.3, 0.4) is 0 Å². The van der Waals surface area contributed by atoms with E-state index in [2.05, 4.69) is 18.7 Å². The third kappa shape index (κ3) is 3.01. The van der Waals surface area contributed by atoms with E-state index < -0.39 is 10.0 Å². The first kappa shape index (κ1) is 14.1. The fourth-order valence-corrected chi connectivity index (χ4v) is 3.29. The van der Waals surface area contributed by atoms with Crippen molar-refractivity contribution in [2.45, 2.75) is 37.6 Å². The number of hydrogen-bond donors (Lipinski definition) is 2. The minimum Gasteiger partial charge on any atom is -0.397 e. The summed E-state index contributed by atoms with van der Waals surface area (Å²) >= 11 is 0. The number of nitrogens with two attached hydrogens (primary N) is 2. The third-order valence-corrected chi connectivity index (χ3v) is 4.69. The van der Waals surface area contributed by atoms with Crippen LogP contribution in [-0.2, 0) is 10.0 Å². The van der Waals surface area contributed by atoms with Crippen LogP contribution in [0.4, 0.5) is 11.4 Å². The van der Waals surface area contributed by atoms with Crippen molar-refractivity contribution in [2.75, 3.05) is 17.2 Å². The number of hydrogen-bond acceptors (Lipinski definition) is 4. The number of piperidine rings is 1. The lowest BCUT2D eigenvalue weighted by atomic mass is 9.93. The van der Waals surface area contributed by atoms with Gasteiger partial charge in [-0.2, -0.15) is 0 Å². The molecular weight excluding hydrogens is 262 g/mol. The molecule has 1 saturated heterocycles. The maximum atomic E-state index is 11.3. The molecule has 1 aromatic rings. The topological polar surface area (TPSA) is 89.4 Å². The summed E-state index contributed by atoms with van der Waals surface area (Å²) in [6.07, 6.45) is 2.25. The molecule has 1 aliphatic heterocycles. The van der Waals surface area contributed by atoms with Crippen molar-refractivity contribution in [2.24, 2.45) is 11.1 Å². The number of nitrogens with zero attached hydrogens (tertiary/aromatic N) is 1. The Balaban J connectivity index is 2.31. The van der Waals surface area contributed by atoms with Crippen LogP contribution in [-0.4, -0.2) is 21.0 Å². The Morgan fingerprint density at radius 2 is 2.00 bits per heavy atom. The van der Waals surface area contributed by atoms with Crippen LogP contribution in [0, 0.1) is 5.92 Å². The van der Waals surface area contributed by atoms with Crippen molar-refractivity contribution >= 4 is 21.4 Å². The number of rotatable bonds is 2. The van der Waals surface area contributed by atoms with E-state index in [1.54, 1.807) is 6.07 Å². The molecule has 2 rings (SSSR count). The molecule has 4 N–H and O–H groups in total. The number of primary sulfonamides is 1. The van der Waals surface area contributed by atoms with Crippen molar-refractivity contribution in [1.82, 2.24) is 0 Å². The molecule has 0 amide bonds. The summed E-state index contributed by atoms with van der Waals surface area (Å²) in [5, 5.41) is 5.10. The first-order valence-electron chi connectivity index (χ1n) is 6.48. The van der Waals surface area contributed by atoms with Gasteiger partial charge < -0.3 is 10.6 Å². The van der Waals surface area contributed by atoms with Gasteiger partial charge in [0, 0.05) is 12.6 Å². The molecule has 0 radical (unpaired) electrons. The maximum Gasteiger partial charge on any atom is 0.238 e. The van der Waals surface area contributed by atoms with Gasteiger partial charge in [-0.25, -0.2) is 13.6 Å². The normalized spacial score (nSPS) is 24.5. The van der Waals surface area contributed by atoms with Crippen molar-refractivity contribution in [3.63, 3.8) is 0 Å². The van der Waals surface area contributed by atoms with Gasteiger partial charge in [-0.05, 0) is 43.9 Å². The smallest absolute Gasteiger partial charge is 0.238 e. The Hall–Kier alpha value is -1.27. The zero-order valence-electron chi connectivity index (χ0n) is 11.3. The van der Waals surface area contributed by atoms with E-state index in [4.69, 9.17) is 10.9 Å². The summed E-state index contributed by atoms with van der Waals surface area (Å²) in [4.78, 5) is 2.30. The molecule has 1 aliphatic rings. The second-order valence-electron chi connectivity index (χ2n) is 5.44. The summed E-state index contributed by atoms with van der Waals surface area (Å²) in [7, 11) is -3.69. The molecule has 5 nitrogen and oxygen atoms in total. The first-order chi connectivity index (χ1) is 8.79. The molecule has 6 heteroatoms. The molecule has 0 aliphatic carbocycles. The SMILES string of the molecule is CC1CCN(c2ccc(S(N)(=O)=O)cc2N)C(C)C1. The summed E-state index contributed by atoms with van der Waals surface area (Å²) in [6, 6.07) is 5.12. The molecule has 19 heavy (non-hydrogen) atoms. The summed E-state index contributed by atoms with van der Waals surface area (Å²) in [6.45, 7) is 5.37. The molecule has 0 saturated carbocycles. The average molecular weight is 283 g/mol. The third-order valence-electron chi connectivity index (χ3n) is 3.78. The minimum absolute atomic E-state index is 0.0618. The van der Waals surface area contributed by atoms with Crippen LogP contribution < -0.4 is 15.8 Å². The lowest BCUT2D eigenvalue weighted by Gasteiger charge is -2.39. The highest BCUT2D eigenvalue weighted by molar-refractivity contribution is 7.89. The van der Waals surface area contributed by atoms with E-state index in [0.717, 1.165) is 31.0 Å². The maximum absolute atomic E-state index is 11.3. The van der Waals surface area contributed by atoms with Gasteiger partial charge in [-0.3, -0.25) is 0 Å². The minimum atomic E-state index is -3.69. The van der Waals surface area contributed by atoms with Gasteiger partial charge >= 0.3 is 0 Å². The molecule has 0 bridgehead atoms. The number of nitrogen functional groups attached to an aromatic ring is 1. The molecule has 0 spiro atoms. The zero-order chi connectivity index (χ0) is 14.2. The molecule has 1 aromatic carbocycles. The summed E-state index contributed by atoms with van der Waals surface area (Å²) in [5.41, 5.74) is 7.34. The van der Waals surface area contributed by atoms with Gasteiger partial charge in [-0.1, -0.05) is 6.92 Å². The highest BCUT2D eigenvalue weighted by atomic mass is 32.2. The van der Waals surface area contributed by atoms with Crippen LogP contribution in [0.25, 0.3) is 0 Å². The van der Waals surface area contributed by atoms with E-state index in [1.807, 2.05) is 0 Å². The molecule has 1 fully saturated rings. The fraction of sp³-hybridized carbons (Fsp3) is 0.538. The monoisotopic (exact) mass is 283 g/mol. The Kier molecular flexibility index (Phi) is 3.73. The second kappa shape index (κ2) is 5.02. The predicted molar refractivity (Wildman–Crippen MR) is 77.4 cm³/mol. The second-order valence-corrected chi connectivity index (χ2v) is 7.00. The van der Waals surface area contributed by atoms with E-state index in [9.17, 15) is 8.42 Å². The van der Waals surface area contributed by atoms with Gasteiger partial charge in [0.2, 0.25) is 10.0 Å². The van der Waals surface area contributed by atoms with Crippen LogP contribution in [0.5, 0.6) is 0 Å². The lowest BCUT2D eigenvalue weighted by molar-refractivity contribution is 0.378. The summed E-state index contributed by atoms with van der Waals surface area (Å²) < 4.78 is 22.6. The first-order valence-corrected chi connectivity index (χ1v) is 8.02. The molecule has 2 unspecified atom stereocenters. The van der Waals surface area contributed by atoms with Gasteiger partial charge in [0.05, 0.1) is 16.3 Å². The number of benzene rings is 1. The standard InChI is InChI=1S/C13H21N3O2S/c1-9-5-6-16(10(2)7-9)13-4-3-11(8-12(13)14)19(15,17)18/h3-4,8-10H,5-7,14H2,1-2H3,(H2,15,17,18). The Morgan fingerprint density at radius 3 is 2.53 bits per heavy atom. The largest absolute Gasteiger partial charge is 0.397 e. The van der Waals surface area contributed by atoms with Crippen LogP contribution in [0.2, 0.25) is 0 Å². The average Bonchev–Trinajstić information content (AvgIpc) is 2.28. The van der Waals surface area contributed by atoms with Crippen molar-refractivity contribution in [3.8, 4) is 0 Å². The molecule has 1 heterocycles. The number of sulfonamides is 1. The van der Waals surface area contributed by atoms with Gasteiger partial charge in [-0.15, -0.1) is 0 Å². The number of anilines is 2. The quantitative estimate of drug-likeness (QED) is 0.806. The van der Waals surface area contributed by atoms with Crippen molar-refractivity contribution < 1.29 is 8.42 Å². The molecular formula is C13H21N3O2S. The molecule has 106 valence electrons. The van der Waals surface area contributed by atoms with E-state index >= 15 is 0 Å². The highest BCUT2D eigenvalue weighted by Gasteiger charge is 2.24. The predicted octanol–water partition coefficient (Wildman–Crippen LogP) is 1.54. The Labute approximate surface area is 114 Å². The lowest BCUT2D eigenvalue weighted by Crippen LogP contribution is -2.40. The molecule has 2 atom stereocenters. The van der Waals surface area contributed by atoms with E-state index in [-0.39, 0.29) is 4.90 Å². The van der Waals surface area contributed by atoms with Crippen molar-refractivity contribution in [3.05, 3.63) is 18.2 Å². The Morgan fingerprint density at radius 1 is 1.32 bits per heavy atom. The molecule has 0 aromatic heterocycles. The van der Waals surface area contributed by atoms with Gasteiger partial charge in [0.25, 0.3) is 0 Å². The zero-order valence-corrected chi connectivity index (χ0v) is 12.2. The highest BCUT2D eigenvalue weighted by Crippen LogP contribution is 2.32.